The van der Waals surface area contributed by atoms with E-state index in [0.29, 0.717) is 6.61 Å². The van der Waals surface area contributed by atoms with Gasteiger partial charge in [0.1, 0.15) is 12.3 Å². The molecule has 0 aliphatic carbocycles. The lowest BCUT2D eigenvalue weighted by Crippen LogP contribution is -2.18. The van der Waals surface area contributed by atoms with E-state index in [1.807, 2.05) is 0 Å². The van der Waals surface area contributed by atoms with Gasteiger partial charge < -0.3 is 10.1 Å². The minimum atomic E-state index is -0.545. The van der Waals surface area contributed by atoms with Gasteiger partial charge in [0.15, 0.2) is 0 Å². The SMILES string of the molecule is CCOCC(=O)Nc1ccccc1[N+](=O)[O-]. The maximum absolute atomic E-state index is 11.3. The molecule has 0 fully saturated rings. The quantitative estimate of drug-likeness (QED) is 0.608. The predicted molar refractivity (Wildman–Crippen MR) is 58.2 cm³/mol. The summed E-state index contributed by atoms with van der Waals surface area (Å²) in [7, 11) is 0. The third-order valence-electron chi connectivity index (χ3n) is 1.81. The maximum atomic E-state index is 11.3. The Morgan fingerprint density at radius 1 is 1.50 bits per heavy atom. The van der Waals surface area contributed by atoms with Gasteiger partial charge in [0.25, 0.3) is 11.6 Å². The summed E-state index contributed by atoms with van der Waals surface area (Å²) in [6, 6.07) is 5.96. The van der Waals surface area contributed by atoms with Crippen molar-refractivity contribution in [2.75, 3.05) is 18.5 Å². The second-order valence-electron chi connectivity index (χ2n) is 2.96. The molecule has 0 aliphatic heterocycles. The standard InChI is InChI=1S/C10H12N2O4/c1-2-16-7-10(13)11-8-5-3-4-6-9(8)12(14)15/h3-6H,2,7H2,1H3,(H,11,13). The Bertz CT molecular complexity index is 392. The number of anilines is 1. The number of amides is 1. The lowest BCUT2D eigenvalue weighted by Gasteiger charge is -2.05. The average molecular weight is 224 g/mol. The molecule has 1 aromatic rings. The first kappa shape index (κ1) is 12.1. The smallest absolute Gasteiger partial charge is 0.292 e. The molecule has 16 heavy (non-hydrogen) atoms. The maximum Gasteiger partial charge on any atom is 0.292 e. The van der Waals surface area contributed by atoms with Gasteiger partial charge in [0.2, 0.25) is 0 Å². The van der Waals surface area contributed by atoms with Crippen molar-refractivity contribution in [1.29, 1.82) is 0 Å². The lowest BCUT2D eigenvalue weighted by molar-refractivity contribution is -0.383. The van der Waals surface area contributed by atoms with Crippen LogP contribution in [-0.4, -0.2) is 24.0 Å². The number of para-hydroxylation sites is 2. The van der Waals surface area contributed by atoms with Crippen LogP contribution in [0.1, 0.15) is 6.92 Å². The zero-order valence-electron chi connectivity index (χ0n) is 8.80. The van der Waals surface area contributed by atoms with Crippen LogP contribution in [0, 0.1) is 10.1 Å². The van der Waals surface area contributed by atoms with Crippen molar-refractivity contribution in [3.63, 3.8) is 0 Å². The molecule has 6 heteroatoms. The Labute approximate surface area is 92.4 Å². The molecular weight excluding hydrogens is 212 g/mol. The molecule has 0 saturated heterocycles. The monoisotopic (exact) mass is 224 g/mol. The van der Waals surface area contributed by atoms with E-state index >= 15 is 0 Å². The normalized spacial score (nSPS) is 9.81. The van der Waals surface area contributed by atoms with Crippen LogP contribution in [0.5, 0.6) is 0 Å². The summed E-state index contributed by atoms with van der Waals surface area (Å²) in [6.07, 6.45) is 0. The molecule has 1 rings (SSSR count). The minimum absolute atomic E-state index is 0.109. The molecule has 1 amide bonds. The first-order chi connectivity index (χ1) is 7.65. The molecule has 0 atom stereocenters. The molecule has 0 aliphatic rings. The predicted octanol–water partition coefficient (Wildman–Crippen LogP) is 1.57. The van der Waals surface area contributed by atoms with Crippen LogP contribution in [0.3, 0.4) is 0 Å². The van der Waals surface area contributed by atoms with Crippen LogP contribution in [0.2, 0.25) is 0 Å². The summed E-state index contributed by atoms with van der Waals surface area (Å²) in [5.41, 5.74) is 0.0459. The van der Waals surface area contributed by atoms with Gasteiger partial charge in [-0.15, -0.1) is 0 Å². The number of nitro groups is 1. The highest BCUT2D eigenvalue weighted by Gasteiger charge is 2.14. The van der Waals surface area contributed by atoms with Gasteiger partial charge in [-0.25, -0.2) is 0 Å². The van der Waals surface area contributed by atoms with Crippen molar-refractivity contribution in [1.82, 2.24) is 0 Å². The Balaban J connectivity index is 2.73. The van der Waals surface area contributed by atoms with Crippen molar-refractivity contribution in [3.05, 3.63) is 34.4 Å². The third kappa shape index (κ3) is 3.32. The third-order valence-corrected chi connectivity index (χ3v) is 1.81. The molecule has 0 spiro atoms. The van der Waals surface area contributed by atoms with E-state index in [-0.39, 0.29) is 18.0 Å². The molecule has 0 aromatic heterocycles. The van der Waals surface area contributed by atoms with E-state index in [4.69, 9.17) is 4.74 Å². The first-order valence-corrected chi connectivity index (χ1v) is 4.76. The largest absolute Gasteiger partial charge is 0.372 e. The second kappa shape index (κ2) is 5.82. The number of carbonyl (C=O) groups excluding carboxylic acids is 1. The molecule has 6 nitrogen and oxygen atoms in total. The fraction of sp³-hybridized carbons (Fsp3) is 0.300. The lowest BCUT2D eigenvalue weighted by atomic mass is 10.2. The molecule has 1 aromatic carbocycles. The summed E-state index contributed by atoms with van der Waals surface area (Å²) < 4.78 is 4.89. The summed E-state index contributed by atoms with van der Waals surface area (Å²) in [6.45, 7) is 2.07. The van der Waals surface area contributed by atoms with Crippen molar-refractivity contribution in [2.45, 2.75) is 6.92 Å². The number of nitro benzene ring substituents is 1. The van der Waals surface area contributed by atoms with Crippen LogP contribution in [0.4, 0.5) is 11.4 Å². The van der Waals surface area contributed by atoms with Crippen LogP contribution in [0.15, 0.2) is 24.3 Å². The zero-order chi connectivity index (χ0) is 12.0. The second-order valence-corrected chi connectivity index (χ2v) is 2.96. The van der Waals surface area contributed by atoms with Crippen LogP contribution < -0.4 is 5.32 Å². The summed E-state index contributed by atoms with van der Waals surface area (Å²) in [4.78, 5) is 21.4. The van der Waals surface area contributed by atoms with Gasteiger partial charge in [-0.1, -0.05) is 12.1 Å². The van der Waals surface area contributed by atoms with Crippen molar-refractivity contribution >= 4 is 17.3 Å². The van der Waals surface area contributed by atoms with Crippen LogP contribution in [0.25, 0.3) is 0 Å². The van der Waals surface area contributed by atoms with E-state index in [9.17, 15) is 14.9 Å². The highest BCUT2D eigenvalue weighted by molar-refractivity contribution is 5.93. The van der Waals surface area contributed by atoms with E-state index in [0.717, 1.165) is 0 Å². The van der Waals surface area contributed by atoms with Crippen molar-refractivity contribution in [2.24, 2.45) is 0 Å². The molecule has 1 N–H and O–H groups in total. The molecular formula is C10H12N2O4. The van der Waals surface area contributed by atoms with Crippen LogP contribution >= 0.6 is 0 Å². The number of carbonyl (C=O) groups is 1. The highest BCUT2D eigenvalue weighted by Crippen LogP contribution is 2.22. The summed E-state index contributed by atoms with van der Waals surface area (Å²) in [5.74, 6) is -0.406. The van der Waals surface area contributed by atoms with E-state index in [1.54, 1.807) is 13.0 Å². The van der Waals surface area contributed by atoms with Gasteiger partial charge in [0.05, 0.1) is 4.92 Å². The molecule has 0 saturated carbocycles. The topological polar surface area (TPSA) is 81.5 Å². The Morgan fingerprint density at radius 2 is 2.19 bits per heavy atom. The van der Waals surface area contributed by atoms with E-state index < -0.39 is 10.8 Å². The van der Waals surface area contributed by atoms with Gasteiger partial charge >= 0.3 is 0 Å². The molecule has 0 unspecified atom stereocenters. The Kier molecular flexibility index (Phi) is 4.41. The fourth-order valence-electron chi connectivity index (χ4n) is 1.12. The molecule has 0 radical (unpaired) electrons. The number of nitrogens with one attached hydrogen (secondary N) is 1. The fourth-order valence-corrected chi connectivity index (χ4v) is 1.12. The number of hydrogen-bond donors (Lipinski definition) is 1. The van der Waals surface area contributed by atoms with Gasteiger partial charge in [-0.05, 0) is 13.0 Å². The van der Waals surface area contributed by atoms with E-state index in [1.165, 1.54) is 18.2 Å². The van der Waals surface area contributed by atoms with Gasteiger partial charge in [-0.2, -0.15) is 0 Å². The summed E-state index contributed by atoms with van der Waals surface area (Å²) in [5, 5.41) is 13.1. The minimum Gasteiger partial charge on any atom is -0.372 e. The number of ether oxygens (including phenoxy) is 1. The first-order valence-electron chi connectivity index (χ1n) is 4.76. The summed E-state index contributed by atoms with van der Waals surface area (Å²) >= 11 is 0. The van der Waals surface area contributed by atoms with Gasteiger partial charge in [-0.3, -0.25) is 14.9 Å². The zero-order valence-corrected chi connectivity index (χ0v) is 8.80. The van der Waals surface area contributed by atoms with Gasteiger partial charge in [0, 0.05) is 12.7 Å². The number of rotatable bonds is 5. The number of nitrogens with zero attached hydrogens (tertiary/aromatic N) is 1. The van der Waals surface area contributed by atoms with Crippen molar-refractivity contribution < 1.29 is 14.5 Å². The Morgan fingerprint density at radius 3 is 2.81 bits per heavy atom. The molecule has 0 heterocycles. The highest BCUT2D eigenvalue weighted by atomic mass is 16.6. The molecule has 0 bridgehead atoms. The number of hydrogen-bond acceptors (Lipinski definition) is 4. The van der Waals surface area contributed by atoms with Crippen molar-refractivity contribution in [3.8, 4) is 0 Å². The number of benzene rings is 1. The molecule has 86 valence electrons. The Hall–Kier alpha value is -1.95. The average Bonchev–Trinajstić information content (AvgIpc) is 2.27. The van der Waals surface area contributed by atoms with E-state index in [2.05, 4.69) is 5.32 Å². The van der Waals surface area contributed by atoms with Crippen LogP contribution in [-0.2, 0) is 9.53 Å².